The van der Waals surface area contributed by atoms with Crippen LogP contribution in [0.2, 0.25) is 0 Å². The highest BCUT2D eigenvalue weighted by atomic mass is 16.8. The van der Waals surface area contributed by atoms with E-state index in [0.29, 0.717) is 35.0 Å². The monoisotopic (exact) mass is 829 g/mol. The van der Waals surface area contributed by atoms with Crippen molar-refractivity contribution in [3.05, 3.63) is 83.2 Å². The number of carbonyl (C=O) groups excluding carboxylic acids is 6. The standard InChI is InChI=1S/C43H51N5O12/c1-9-27-21-32(38(50)46-29-16-14-28(15-17-29)37(44)48-41(53)56-20-10-11-35(49)60-43(5,6)7)31(22-34(27)55-8)30-18-19-33(39(51)45-23-26-12-13-26)47-36(30)40(52)58-25(4)59-42(54)57-24(2)3/h9,14-19,21-22,24-26H,1,10-13,20,23H2,2-8H3,(H,45,51)(H,46,50)(H2,44,48,53). The summed E-state index contributed by atoms with van der Waals surface area (Å²) in [5.74, 6) is -2.24. The SMILES string of the molecule is C=Cc1cc(C(=O)Nc2ccc(C(=N)NC(=O)OCCCC(=O)OC(C)(C)C)cc2)c(-c2ccc(C(=O)NCC3CC3)nc2C(=O)OC(C)OC(=O)OC(C)C)cc1OC. The van der Waals surface area contributed by atoms with Crippen molar-refractivity contribution < 1.29 is 57.2 Å². The van der Waals surface area contributed by atoms with E-state index in [1.165, 1.54) is 68.6 Å². The number of nitrogens with one attached hydrogen (secondary N) is 4. The van der Waals surface area contributed by atoms with Crippen molar-refractivity contribution in [3.8, 4) is 16.9 Å². The molecule has 0 radical (unpaired) electrons. The Kier molecular flexibility index (Phi) is 15.9. The van der Waals surface area contributed by atoms with E-state index in [-0.39, 0.29) is 53.4 Å². The molecule has 3 aromatic rings. The van der Waals surface area contributed by atoms with Crippen LogP contribution in [-0.4, -0.2) is 85.1 Å². The quantitative estimate of drug-likeness (QED) is 0.0268. The fourth-order valence-corrected chi connectivity index (χ4v) is 5.44. The van der Waals surface area contributed by atoms with E-state index in [4.69, 9.17) is 33.8 Å². The molecule has 1 atom stereocenters. The first-order valence-electron chi connectivity index (χ1n) is 19.3. The predicted octanol–water partition coefficient (Wildman–Crippen LogP) is 7.03. The molecule has 1 unspecified atom stereocenters. The third-order valence-corrected chi connectivity index (χ3v) is 8.40. The zero-order valence-corrected chi connectivity index (χ0v) is 34.7. The van der Waals surface area contributed by atoms with Gasteiger partial charge < -0.3 is 39.1 Å². The summed E-state index contributed by atoms with van der Waals surface area (Å²) in [5.41, 5.74) is 0.268. The third-order valence-electron chi connectivity index (χ3n) is 8.40. The lowest BCUT2D eigenvalue weighted by molar-refractivity contribution is -0.155. The second-order valence-electron chi connectivity index (χ2n) is 15.0. The molecule has 1 saturated carbocycles. The highest BCUT2D eigenvalue weighted by Crippen LogP contribution is 2.35. The van der Waals surface area contributed by atoms with Gasteiger partial charge in [-0.05, 0) is 108 Å². The van der Waals surface area contributed by atoms with Gasteiger partial charge in [0, 0.05) is 53.4 Å². The minimum Gasteiger partial charge on any atom is -0.496 e. The average Bonchev–Trinajstić information content (AvgIpc) is 4.01. The first-order chi connectivity index (χ1) is 28.4. The molecule has 0 bridgehead atoms. The highest BCUT2D eigenvalue weighted by molar-refractivity contribution is 6.11. The first-order valence-corrected chi connectivity index (χ1v) is 19.3. The maximum absolute atomic E-state index is 14.1. The molecule has 0 aliphatic heterocycles. The van der Waals surface area contributed by atoms with Crippen LogP contribution in [0.1, 0.15) is 110 Å². The van der Waals surface area contributed by atoms with E-state index in [1.54, 1.807) is 34.6 Å². The summed E-state index contributed by atoms with van der Waals surface area (Å²) in [5, 5.41) is 16.2. The molecule has 17 heteroatoms. The fourth-order valence-electron chi connectivity index (χ4n) is 5.44. The summed E-state index contributed by atoms with van der Waals surface area (Å²) in [4.78, 5) is 81.6. The number of ether oxygens (including phenoxy) is 6. The number of hydrogen-bond acceptors (Lipinski definition) is 14. The maximum Gasteiger partial charge on any atom is 0.511 e. The van der Waals surface area contributed by atoms with Crippen LogP contribution in [0.3, 0.4) is 0 Å². The third kappa shape index (κ3) is 14.0. The van der Waals surface area contributed by atoms with E-state index >= 15 is 0 Å². The molecule has 17 nitrogen and oxygen atoms in total. The molecule has 320 valence electrons. The number of alkyl carbamates (subject to hydrolysis) is 1. The van der Waals surface area contributed by atoms with Crippen molar-refractivity contribution in [2.24, 2.45) is 5.92 Å². The average molecular weight is 830 g/mol. The molecule has 1 aliphatic rings. The van der Waals surface area contributed by atoms with Crippen LogP contribution >= 0.6 is 0 Å². The number of anilines is 1. The number of aromatic nitrogens is 1. The zero-order chi connectivity index (χ0) is 44.1. The van der Waals surface area contributed by atoms with Gasteiger partial charge >= 0.3 is 24.2 Å². The Morgan fingerprint density at radius 1 is 0.933 bits per heavy atom. The van der Waals surface area contributed by atoms with Crippen molar-refractivity contribution in [2.45, 2.75) is 85.2 Å². The predicted molar refractivity (Wildman–Crippen MR) is 220 cm³/mol. The van der Waals surface area contributed by atoms with Crippen LogP contribution in [0.4, 0.5) is 15.3 Å². The molecule has 0 saturated heterocycles. The van der Waals surface area contributed by atoms with E-state index in [9.17, 15) is 28.8 Å². The molecule has 1 aliphatic carbocycles. The molecule has 4 N–H and O–H groups in total. The Morgan fingerprint density at radius 2 is 1.63 bits per heavy atom. The number of hydrogen-bond donors (Lipinski definition) is 4. The van der Waals surface area contributed by atoms with Crippen LogP contribution in [0.5, 0.6) is 5.75 Å². The second-order valence-corrected chi connectivity index (χ2v) is 15.0. The van der Waals surface area contributed by atoms with Gasteiger partial charge in [0.05, 0.1) is 19.8 Å². The Morgan fingerprint density at radius 3 is 2.25 bits per heavy atom. The topological polar surface area (TPSA) is 231 Å². The molecular formula is C43H51N5O12. The Labute approximate surface area is 348 Å². The number of amides is 3. The molecule has 2 aromatic carbocycles. The minimum absolute atomic E-state index is 0.0465. The number of carbonyl (C=O) groups is 6. The maximum atomic E-state index is 14.1. The number of rotatable bonds is 17. The van der Waals surface area contributed by atoms with E-state index in [0.717, 1.165) is 12.8 Å². The van der Waals surface area contributed by atoms with Crippen LogP contribution in [0, 0.1) is 11.3 Å². The van der Waals surface area contributed by atoms with Gasteiger partial charge in [-0.25, -0.2) is 19.4 Å². The van der Waals surface area contributed by atoms with E-state index < -0.39 is 54.0 Å². The van der Waals surface area contributed by atoms with Gasteiger partial charge in [0.1, 0.15) is 22.9 Å². The number of pyridine rings is 1. The Balaban J connectivity index is 1.56. The number of nitrogens with zero attached hydrogens (tertiary/aromatic N) is 1. The van der Waals surface area contributed by atoms with Crippen molar-refractivity contribution in [1.29, 1.82) is 5.41 Å². The molecule has 1 heterocycles. The van der Waals surface area contributed by atoms with Crippen molar-refractivity contribution in [3.63, 3.8) is 0 Å². The van der Waals surface area contributed by atoms with Gasteiger partial charge in [-0.1, -0.05) is 12.7 Å². The van der Waals surface area contributed by atoms with E-state index in [1.807, 2.05) is 0 Å². The van der Waals surface area contributed by atoms with Crippen LogP contribution in [-0.2, 0) is 28.5 Å². The summed E-state index contributed by atoms with van der Waals surface area (Å²) < 4.78 is 31.3. The van der Waals surface area contributed by atoms with Crippen molar-refractivity contribution >= 4 is 53.6 Å². The van der Waals surface area contributed by atoms with Crippen molar-refractivity contribution in [1.82, 2.24) is 15.6 Å². The smallest absolute Gasteiger partial charge is 0.496 e. The lowest BCUT2D eigenvalue weighted by atomic mass is 9.94. The molecular weight excluding hydrogens is 778 g/mol. The van der Waals surface area contributed by atoms with Crippen LogP contribution in [0.15, 0.2) is 55.1 Å². The summed E-state index contributed by atoms with van der Waals surface area (Å²) >= 11 is 0. The molecule has 60 heavy (non-hydrogen) atoms. The highest BCUT2D eigenvalue weighted by Gasteiger charge is 2.28. The Bertz CT molecular complexity index is 2110. The Hall–Kier alpha value is -6.78. The lowest BCUT2D eigenvalue weighted by Crippen LogP contribution is -2.31. The van der Waals surface area contributed by atoms with Gasteiger partial charge in [0.15, 0.2) is 5.69 Å². The number of esters is 2. The number of methoxy groups -OCH3 is 1. The molecule has 0 spiro atoms. The largest absolute Gasteiger partial charge is 0.511 e. The van der Waals surface area contributed by atoms with Gasteiger partial charge in [-0.15, -0.1) is 0 Å². The number of benzene rings is 2. The molecule has 1 aromatic heterocycles. The molecule has 3 amide bonds. The second kappa shape index (κ2) is 20.8. The lowest BCUT2D eigenvalue weighted by Gasteiger charge is -2.19. The summed E-state index contributed by atoms with van der Waals surface area (Å²) in [6.07, 6.45) is -0.0909. The molecule has 1 fully saturated rings. The van der Waals surface area contributed by atoms with Gasteiger partial charge in [0.25, 0.3) is 11.8 Å². The summed E-state index contributed by atoms with van der Waals surface area (Å²) in [7, 11) is 1.42. The van der Waals surface area contributed by atoms with Gasteiger partial charge in [-0.3, -0.25) is 25.1 Å². The van der Waals surface area contributed by atoms with Gasteiger partial charge in [-0.2, -0.15) is 0 Å². The normalized spacial score (nSPS) is 12.6. The van der Waals surface area contributed by atoms with Crippen molar-refractivity contribution in [2.75, 3.05) is 25.6 Å². The summed E-state index contributed by atoms with van der Waals surface area (Å²) in [6.45, 7) is 14.0. The summed E-state index contributed by atoms with van der Waals surface area (Å²) in [6, 6.07) is 11.9. The van der Waals surface area contributed by atoms with Crippen LogP contribution in [0.25, 0.3) is 17.2 Å². The first kappa shape index (κ1) is 45.9. The van der Waals surface area contributed by atoms with Gasteiger partial charge in [0.2, 0.25) is 6.29 Å². The molecule has 4 rings (SSSR count). The number of amidine groups is 1. The minimum atomic E-state index is -1.42. The van der Waals surface area contributed by atoms with Crippen LogP contribution < -0.4 is 20.7 Å². The fraction of sp³-hybridized carbons (Fsp3) is 0.395. The van der Waals surface area contributed by atoms with E-state index in [2.05, 4.69) is 27.5 Å². The zero-order valence-electron chi connectivity index (χ0n) is 34.7.